The van der Waals surface area contributed by atoms with Crippen LogP contribution in [0, 0.1) is 0 Å². The van der Waals surface area contributed by atoms with E-state index in [9.17, 15) is 20.4 Å². The van der Waals surface area contributed by atoms with Crippen molar-refractivity contribution in [2.75, 3.05) is 6.61 Å². The van der Waals surface area contributed by atoms with Gasteiger partial charge in [0.1, 0.15) is 23.7 Å². The molecule has 5 nitrogen and oxygen atoms in total. The van der Waals surface area contributed by atoms with Crippen molar-refractivity contribution in [2.24, 2.45) is 0 Å². The minimum absolute atomic E-state index is 0.0657. The van der Waals surface area contributed by atoms with E-state index in [2.05, 4.69) is 15.9 Å². The standard InChI is InChI=1S/C16H13BrO5/c17-10-2-9-14(4-11(10)18)22-6-16(21)5-7-1-12(19)13(20)3-8(7)15(9)16/h1-4,15,18-21H,5-6H2. The molecule has 4 rings (SSSR count). The van der Waals surface area contributed by atoms with Gasteiger partial charge in [0.15, 0.2) is 11.5 Å². The summed E-state index contributed by atoms with van der Waals surface area (Å²) < 4.78 is 6.12. The lowest BCUT2D eigenvalue weighted by atomic mass is 9.80. The lowest BCUT2D eigenvalue weighted by molar-refractivity contribution is -0.0219. The van der Waals surface area contributed by atoms with Crippen LogP contribution in [0.25, 0.3) is 0 Å². The second-order valence-corrected chi connectivity index (χ2v) is 6.74. The number of fused-ring (bicyclic) bond motifs is 5. The van der Waals surface area contributed by atoms with E-state index >= 15 is 0 Å². The van der Waals surface area contributed by atoms with Gasteiger partial charge in [-0.1, -0.05) is 0 Å². The van der Waals surface area contributed by atoms with E-state index in [4.69, 9.17) is 4.74 Å². The minimum atomic E-state index is -1.13. The summed E-state index contributed by atoms with van der Waals surface area (Å²) in [6.07, 6.45) is 0.332. The minimum Gasteiger partial charge on any atom is -0.507 e. The topological polar surface area (TPSA) is 90.2 Å². The molecule has 22 heavy (non-hydrogen) atoms. The average molecular weight is 365 g/mol. The predicted molar refractivity (Wildman–Crippen MR) is 81.6 cm³/mol. The Labute approximate surface area is 134 Å². The molecule has 2 aromatic carbocycles. The summed E-state index contributed by atoms with van der Waals surface area (Å²) in [5, 5.41) is 40.2. The van der Waals surface area contributed by atoms with Crippen LogP contribution >= 0.6 is 15.9 Å². The highest BCUT2D eigenvalue weighted by atomic mass is 79.9. The SMILES string of the molecule is Oc1cc2c(cc1O)C1c3cc(Br)c(O)cc3OCC1(O)C2. The van der Waals surface area contributed by atoms with Crippen LogP contribution in [-0.2, 0) is 6.42 Å². The molecule has 0 aromatic heterocycles. The Balaban J connectivity index is 1.96. The van der Waals surface area contributed by atoms with Crippen LogP contribution < -0.4 is 4.74 Å². The smallest absolute Gasteiger partial charge is 0.157 e. The summed E-state index contributed by atoms with van der Waals surface area (Å²) >= 11 is 3.28. The first-order valence-electron chi connectivity index (χ1n) is 6.81. The number of halogens is 1. The molecule has 0 saturated heterocycles. The highest BCUT2D eigenvalue weighted by Gasteiger charge is 2.50. The van der Waals surface area contributed by atoms with Crippen molar-refractivity contribution in [3.63, 3.8) is 0 Å². The fourth-order valence-electron chi connectivity index (χ4n) is 3.48. The maximum absolute atomic E-state index is 11.0. The maximum Gasteiger partial charge on any atom is 0.157 e. The average Bonchev–Trinajstić information content (AvgIpc) is 2.73. The van der Waals surface area contributed by atoms with Crippen LogP contribution in [0.15, 0.2) is 28.7 Å². The van der Waals surface area contributed by atoms with Gasteiger partial charge in [0.2, 0.25) is 0 Å². The zero-order valence-electron chi connectivity index (χ0n) is 11.4. The molecule has 0 saturated carbocycles. The van der Waals surface area contributed by atoms with Gasteiger partial charge in [-0.2, -0.15) is 0 Å². The highest BCUT2D eigenvalue weighted by Crippen LogP contribution is 2.53. The molecule has 0 fully saturated rings. The van der Waals surface area contributed by atoms with E-state index in [1.807, 2.05) is 0 Å². The summed E-state index contributed by atoms with van der Waals surface area (Å²) in [6, 6.07) is 6.20. The van der Waals surface area contributed by atoms with Crippen molar-refractivity contribution in [1.29, 1.82) is 0 Å². The summed E-state index contributed by atoms with van der Waals surface area (Å²) in [5.41, 5.74) is 1.15. The molecule has 2 unspecified atom stereocenters. The molecule has 1 aliphatic carbocycles. The van der Waals surface area contributed by atoms with E-state index in [0.717, 1.165) is 16.7 Å². The number of ether oxygens (including phenoxy) is 1. The Kier molecular flexibility index (Phi) is 2.68. The monoisotopic (exact) mass is 364 g/mol. The molecular formula is C16H13BrO5. The third-order valence-electron chi connectivity index (χ3n) is 4.45. The summed E-state index contributed by atoms with van der Waals surface area (Å²) in [6.45, 7) is 0.0853. The van der Waals surface area contributed by atoms with Gasteiger partial charge >= 0.3 is 0 Å². The van der Waals surface area contributed by atoms with Crippen LogP contribution in [0.2, 0.25) is 0 Å². The van der Waals surface area contributed by atoms with Gasteiger partial charge in [0.05, 0.1) is 4.47 Å². The van der Waals surface area contributed by atoms with Crippen LogP contribution in [0.3, 0.4) is 0 Å². The lowest BCUT2D eigenvalue weighted by Crippen LogP contribution is -2.43. The van der Waals surface area contributed by atoms with Gasteiger partial charge in [-0.15, -0.1) is 0 Å². The van der Waals surface area contributed by atoms with Gasteiger partial charge in [-0.05, 0) is 45.3 Å². The molecule has 0 radical (unpaired) electrons. The first-order chi connectivity index (χ1) is 10.4. The Bertz CT molecular complexity index is 804. The number of hydrogen-bond acceptors (Lipinski definition) is 5. The number of rotatable bonds is 0. The molecule has 0 bridgehead atoms. The number of phenols is 3. The third-order valence-corrected chi connectivity index (χ3v) is 5.08. The molecule has 0 spiro atoms. The van der Waals surface area contributed by atoms with Crippen LogP contribution in [0.1, 0.15) is 22.6 Å². The number of benzene rings is 2. The zero-order valence-corrected chi connectivity index (χ0v) is 13.0. The number of aromatic hydroxyl groups is 3. The maximum atomic E-state index is 11.0. The molecule has 2 aromatic rings. The van der Waals surface area contributed by atoms with Crippen molar-refractivity contribution < 1.29 is 25.2 Å². The van der Waals surface area contributed by atoms with Crippen LogP contribution in [0.5, 0.6) is 23.0 Å². The lowest BCUT2D eigenvalue weighted by Gasteiger charge is -2.36. The summed E-state index contributed by atoms with van der Waals surface area (Å²) in [7, 11) is 0. The van der Waals surface area contributed by atoms with E-state index < -0.39 is 5.60 Å². The van der Waals surface area contributed by atoms with Gasteiger partial charge in [-0.25, -0.2) is 0 Å². The van der Waals surface area contributed by atoms with Gasteiger partial charge in [0.25, 0.3) is 0 Å². The Morgan fingerprint density at radius 2 is 1.73 bits per heavy atom. The quantitative estimate of drug-likeness (QED) is 0.539. The normalized spacial score (nSPS) is 25.1. The van der Waals surface area contributed by atoms with E-state index in [-0.39, 0.29) is 29.8 Å². The number of hydrogen-bond donors (Lipinski definition) is 4. The van der Waals surface area contributed by atoms with E-state index in [1.54, 1.807) is 6.07 Å². The largest absolute Gasteiger partial charge is 0.507 e. The zero-order chi connectivity index (χ0) is 15.6. The van der Waals surface area contributed by atoms with Crippen molar-refractivity contribution in [3.8, 4) is 23.0 Å². The van der Waals surface area contributed by atoms with E-state index in [1.165, 1.54) is 18.2 Å². The molecular weight excluding hydrogens is 352 g/mol. The molecule has 1 heterocycles. The van der Waals surface area contributed by atoms with Crippen molar-refractivity contribution in [3.05, 3.63) is 45.4 Å². The van der Waals surface area contributed by atoms with Crippen molar-refractivity contribution >= 4 is 15.9 Å². The molecule has 6 heteroatoms. The van der Waals surface area contributed by atoms with E-state index in [0.29, 0.717) is 16.6 Å². The van der Waals surface area contributed by atoms with Crippen LogP contribution in [0.4, 0.5) is 0 Å². The summed E-state index contributed by atoms with van der Waals surface area (Å²) in [4.78, 5) is 0. The molecule has 1 aliphatic heterocycles. The Morgan fingerprint density at radius 3 is 2.50 bits per heavy atom. The molecule has 0 amide bonds. The summed E-state index contributed by atoms with van der Waals surface area (Å²) in [5.74, 6) is -0.218. The Hall–Kier alpha value is -1.92. The second-order valence-electron chi connectivity index (χ2n) is 5.88. The van der Waals surface area contributed by atoms with Crippen molar-refractivity contribution in [1.82, 2.24) is 0 Å². The third kappa shape index (κ3) is 1.74. The fourth-order valence-corrected chi connectivity index (χ4v) is 3.84. The number of phenolic OH excluding ortho intramolecular Hbond substituents is 3. The van der Waals surface area contributed by atoms with Gasteiger partial charge in [-0.3, -0.25) is 0 Å². The highest BCUT2D eigenvalue weighted by molar-refractivity contribution is 9.10. The fraction of sp³-hybridized carbons (Fsp3) is 0.250. The molecule has 4 N–H and O–H groups in total. The van der Waals surface area contributed by atoms with Crippen LogP contribution in [-0.4, -0.2) is 32.6 Å². The van der Waals surface area contributed by atoms with Crippen molar-refractivity contribution in [2.45, 2.75) is 17.9 Å². The molecule has 2 aliphatic rings. The first-order valence-corrected chi connectivity index (χ1v) is 7.61. The predicted octanol–water partition coefficient (Wildman–Crippen LogP) is 2.38. The van der Waals surface area contributed by atoms with Gasteiger partial charge in [0, 0.05) is 24.0 Å². The molecule has 114 valence electrons. The number of aliphatic hydroxyl groups is 1. The first kappa shape index (κ1) is 13.7. The second kappa shape index (κ2) is 4.30. The van der Waals surface area contributed by atoms with Gasteiger partial charge < -0.3 is 25.2 Å². The molecule has 2 atom stereocenters. The Morgan fingerprint density at radius 1 is 1.00 bits per heavy atom.